The summed E-state index contributed by atoms with van der Waals surface area (Å²) < 4.78 is 1.39. The summed E-state index contributed by atoms with van der Waals surface area (Å²) in [6, 6.07) is 8.80. The van der Waals surface area contributed by atoms with Gasteiger partial charge in [0.2, 0.25) is 0 Å². The Kier molecular flexibility index (Phi) is 3.49. The van der Waals surface area contributed by atoms with Gasteiger partial charge in [-0.05, 0) is 25.1 Å². The fourth-order valence-corrected chi connectivity index (χ4v) is 1.51. The van der Waals surface area contributed by atoms with Gasteiger partial charge in [-0.25, -0.2) is 9.67 Å². The lowest BCUT2D eigenvalue weighted by Gasteiger charge is -2.06. The molecule has 0 aliphatic carbocycles. The van der Waals surface area contributed by atoms with Gasteiger partial charge in [0.25, 0.3) is 5.56 Å². The average Bonchev–Trinajstić information content (AvgIpc) is 2.33. The molecule has 2 heterocycles. The first kappa shape index (κ1) is 11.3. The quantitative estimate of drug-likeness (QED) is 0.855. The maximum Gasteiger partial charge on any atom is 0.267 e. The minimum absolute atomic E-state index is 0.122. The molecule has 0 unspecified atom stereocenters. The van der Waals surface area contributed by atoms with E-state index in [-0.39, 0.29) is 5.56 Å². The van der Waals surface area contributed by atoms with Crippen molar-refractivity contribution in [1.29, 1.82) is 0 Å². The highest BCUT2D eigenvalue weighted by molar-refractivity contribution is 5.34. The number of nitrogens with zero attached hydrogens (tertiary/aromatic N) is 3. The predicted octanol–water partition coefficient (Wildman–Crippen LogP) is 1.12. The predicted molar refractivity (Wildman–Crippen MR) is 66.0 cm³/mol. The van der Waals surface area contributed by atoms with Crippen LogP contribution in [-0.4, -0.2) is 21.3 Å². The van der Waals surface area contributed by atoms with Gasteiger partial charge in [-0.3, -0.25) is 4.79 Å². The van der Waals surface area contributed by atoms with Crippen molar-refractivity contribution in [2.24, 2.45) is 0 Å². The van der Waals surface area contributed by atoms with Gasteiger partial charge in [-0.2, -0.15) is 5.10 Å². The van der Waals surface area contributed by atoms with Gasteiger partial charge in [0, 0.05) is 18.8 Å². The summed E-state index contributed by atoms with van der Waals surface area (Å²) in [6.45, 7) is 3.22. The Balaban J connectivity index is 2.21. The second-order valence-electron chi connectivity index (χ2n) is 3.56. The highest BCUT2D eigenvalue weighted by atomic mass is 16.1. The van der Waals surface area contributed by atoms with Crippen molar-refractivity contribution in [2.75, 3.05) is 11.9 Å². The van der Waals surface area contributed by atoms with Gasteiger partial charge < -0.3 is 5.32 Å². The molecule has 0 amide bonds. The van der Waals surface area contributed by atoms with E-state index in [4.69, 9.17) is 0 Å². The average molecular weight is 230 g/mol. The second-order valence-corrected chi connectivity index (χ2v) is 3.56. The fraction of sp³-hybridized carbons (Fsp3) is 0.250. The number of hydrogen-bond donors (Lipinski definition) is 1. The molecule has 88 valence electrons. The van der Waals surface area contributed by atoms with Crippen LogP contribution in [0.4, 0.5) is 5.82 Å². The van der Waals surface area contributed by atoms with Crippen LogP contribution in [0, 0.1) is 0 Å². The molecule has 1 N–H and O–H groups in total. The molecule has 0 spiro atoms. The summed E-state index contributed by atoms with van der Waals surface area (Å²) in [5.41, 5.74) is 0.687. The van der Waals surface area contributed by atoms with E-state index in [1.54, 1.807) is 12.3 Å². The Morgan fingerprint density at radius 3 is 2.94 bits per heavy atom. The Morgan fingerprint density at radius 1 is 1.29 bits per heavy atom. The molecular formula is C12H14N4O. The molecule has 0 radical (unpaired) electrons. The molecule has 0 aliphatic rings. The smallest absolute Gasteiger partial charge is 0.267 e. The summed E-state index contributed by atoms with van der Waals surface area (Å²) in [7, 11) is 0. The lowest BCUT2D eigenvalue weighted by molar-refractivity contribution is 0.628. The van der Waals surface area contributed by atoms with Crippen LogP contribution in [0.3, 0.4) is 0 Å². The van der Waals surface area contributed by atoms with Gasteiger partial charge in [0.05, 0.1) is 12.2 Å². The Morgan fingerprint density at radius 2 is 2.18 bits per heavy atom. The molecule has 17 heavy (non-hydrogen) atoms. The van der Waals surface area contributed by atoms with Crippen molar-refractivity contribution < 1.29 is 0 Å². The molecule has 0 atom stereocenters. The first-order valence-electron chi connectivity index (χ1n) is 5.51. The van der Waals surface area contributed by atoms with Gasteiger partial charge in [0.15, 0.2) is 0 Å². The van der Waals surface area contributed by atoms with E-state index < -0.39 is 0 Å². The molecule has 0 saturated carbocycles. The highest BCUT2D eigenvalue weighted by Crippen LogP contribution is 2.04. The molecule has 0 fully saturated rings. The number of rotatable bonds is 4. The van der Waals surface area contributed by atoms with E-state index in [1.165, 1.54) is 10.7 Å². The molecule has 2 rings (SSSR count). The number of aromatic nitrogens is 3. The van der Waals surface area contributed by atoms with Gasteiger partial charge >= 0.3 is 0 Å². The zero-order valence-corrected chi connectivity index (χ0v) is 9.63. The van der Waals surface area contributed by atoms with Crippen LogP contribution < -0.4 is 10.9 Å². The van der Waals surface area contributed by atoms with E-state index in [0.29, 0.717) is 6.54 Å². The summed E-state index contributed by atoms with van der Waals surface area (Å²) in [5, 5.41) is 7.12. The van der Waals surface area contributed by atoms with E-state index >= 15 is 0 Å². The number of hydrogen-bond acceptors (Lipinski definition) is 4. The molecule has 0 saturated heterocycles. The normalized spacial score (nSPS) is 10.2. The summed E-state index contributed by atoms with van der Waals surface area (Å²) in [6.07, 6.45) is 1.59. The molecule has 5 nitrogen and oxygen atoms in total. The van der Waals surface area contributed by atoms with Gasteiger partial charge in [-0.1, -0.05) is 6.07 Å². The van der Waals surface area contributed by atoms with Crippen molar-refractivity contribution in [3.63, 3.8) is 0 Å². The van der Waals surface area contributed by atoms with Crippen LogP contribution in [0.2, 0.25) is 0 Å². The number of anilines is 1. The molecule has 0 bridgehead atoms. The molecule has 2 aromatic heterocycles. The summed E-state index contributed by atoms with van der Waals surface area (Å²) >= 11 is 0. The Labute approximate surface area is 99.1 Å². The van der Waals surface area contributed by atoms with Crippen molar-refractivity contribution in [3.05, 3.63) is 52.6 Å². The molecule has 2 aromatic rings. The third-order valence-electron chi connectivity index (χ3n) is 2.26. The zero-order chi connectivity index (χ0) is 12.1. The lowest BCUT2D eigenvalue weighted by atomic mass is 10.3. The van der Waals surface area contributed by atoms with E-state index in [2.05, 4.69) is 15.4 Å². The van der Waals surface area contributed by atoms with Crippen LogP contribution in [0.25, 0.3) is 0 Å². The maximum absolute atomic E-state index is 11.5. The van der Waals surface area contributed by atoms with Crippen molar-refractivity contribution >= 4 is 5.82 Å². The molecule has 5 heteroatoms. The van der Waals surface area contributed by atoms with E-state index in [1.807, 2.05) is 25.1 Å². The second kappa shape index (κ2) is 5.25. The third kappa shape index (κ3) is 2.90. The highest BCUT2D eigenvalue weighted by Gasteiger charge is 2.00. The molecule has 0 aromatic carbocycles. The van der Waals surface area contributed by atoms with Gasteiger partial charge in [-0.15, -0.1) is 0 Å². The van der Waals surface area contributed by atoms with Crippen LogP contribution in [0.5, 0.6) is 0 Å². The maximum atomic E-state index is 11.5. The Hall–Kier alpha value is -2.17. The van der Waals surface area contributed by atoms with Crippen LogP contribution in [0.15, 0.2) is 41.3 Å². The Bertz CT molecular complexity index is 550. The monoisotopic (exact) mass is 230 g/mol. The SMILES string of the molecule is CCNc1cccc(Cn2ncccc2=O)n1. The van der Waals surface area contributed by atoms with Crippen LogP contribution >= 0.6 is 0 Å². The third-order valence-corrected chi connectivity index (χ3v) is 2.26. The van der Waals surface area contributed by atoms with Crippen LogP contribution in [0.1, 0.15) is 12.6 Å². The molecular weight excluding hydrogens is 216 g/mol. The van der Waals surface area contributed by atoms with E-state index in [9.17, 15) is 4.79 Å². The standard InChI is InChI=1S/C12H14N4O/c1-2-13-11-6-3-5-10(15-11)9-16-12(17)7-4-8-14-16/h3-8H,2,9H2,1H3,(H,13,15). The summed E-state index contributed by atoms with van der Waals surface area (Å²) in [4.78, 5) is 15.9. The van der Waals surface area contributed by atoms with E-state index in [0.717, 1.165) is 18.1 Å². The summed E-state index contributed by atoms with van der Waals surface area (Å²) in [5.74, 6) is 0.814. The topological polar surface area (TPSA) is 59.8 Å². The fourth-order valence-electron chi connectivity index (χ4n) is 1.51. The first-order valence-corrected chi connectivity index (χ1v) is 5.51. The van der Waals surface area contributed by atoms with Crippen LogP contribution in [-0.2, 0) is 6.54 Å². The first-order chi connectivity index (χ1) is 8.29. The number of pyridine rings is 1. The van der Waals surface area contributed by atoms with Gasteiger partial charge in [0.1, 0.15) is 5.82 Å². The van der Waals surface area contributed by atoms with Crippen molar-refractivity contribution in [2.45, 2.75) is 13.5 Å². The zero-order valence-electron chi connectivity index (χ0n) is 9.63. The molecule has 0 aliphatic heterocycles. The van der Waals surface area contributed by atoms with Crippen molar-refractivity contribution in [1.82, 2.24) is 14.8 Å². The number of nitrogens with one attached hydrogen (secondary N) is 1. The minimum atomic E-state index is -0.122. The lowest BCUT2D eigenvalue weighted by Crippen LogP contribution is -2.22. The largest absolute Gasteiger partial charge is 0.370 e. The van der Waals surface area contributed by atoms with Crippen molar-refractivity contribution in [3.8, 4) is 0 Å². The minimum Gasteiger partial charge on any atom is -0.370 e.